The summed E-state index contributed by atoms with van der Waals surface area (Å²) in [5.74, 6) is 0. The molecule has 0 spiro atoms. The van der Waals surface area contributed by atoms with Crippen LogP contribution in [-0.2, 0) is 16.4 Å². The fourth-order valence-corrected chi connectivity index (χ4v) is 2.93. The molecule has 0 aliphatic carbocycles. The van der Waals surface area contributed by atoms with Gasteiger partial charge >= 0.3 is 0 Å². The third-order valence-electron chi connectivity index (χ3n) is 3.39. The molecular formula is C13H15N3O2S. The Morgan fingerprint density at radius 1 is 1.37 bits per heavy atom. The molecule has 1 N–H and O–H groups in total. The van der Waals surface area contributed by atoms with Crippen LogP contribution in [0.2, 0.25) is 0 Å². The summed E-state index contributed by atoms with van der Waals surface area (Å²) in [6.07, 6.45) is 4.21. The Morgan fingerprint density at radius 3 is 2.89 bits per heavy atom. The number of nitrogens with one attached hydrogen (secondary N) is 1. The molecule has 1 aliphatic rings. The Morgan fingerprint density at radius 2 is 2.16 bits per heavy atom. The van der Waals surface area contributed by atoms with Gasteiger partial charge < -0.3 is 5.32 Å². The lowest BCUT2D eigenvalue weighted by Crippen LogP contribution is -2.32. The Balaban J connectivity index is 2.02. The minimum atomic E-state index is -3.20. The summed E-state index contributed by atoms with van der Waals surface area (Å²) in [7, 11) is -3.20. The molecule has 2 aromatic rings. The van der Waals surface area contributed by atoms with E-state index < -0.39 is 9.84 Å². The zero-order valence-electron chi connectivity index (χ0n) is 10.6. The summed E-state index contributed by atoms with van der Waals surface area (Å²) in [5.41, 5.74) is 2.43. The highest BCUT2D eigenvalue weighted by Crippen LogP contribution is 2.25. The van der Waals surface area contributed by atoms with Crippen molar-refractivity contribution in [3.63, 3.8) is 0 Å². The van der Waals surface area contributed by atoms with Gasteiger partial charge in [-0.05, 0) is 11.1 Å². The summed E-state index contributed by atoms with van der Waals surface area (Å²) in [5, 5.41) is 7.53. The second-order valence-corrected chi connectivity index (χ2v) is 6.79. The van der Waals surface area contributed by atoms with Gasteiger partial charge in [-0.1, -0.05) is 24.3 Å². The average Bonchev–Trinajstić information content (AvgIpc) is 2.87. The molecule has 19 heavy (non-hydrogen) atoms. The predicted octanol–water partition coefficient (Wildman–Crippen LogP) is 0.979. The fraction of sp³-hybridized carbons (Fsp3) is 0.308. The molecule has 0 fully saturated rings. The highest BCUT2D eigenvalue weighted by atomic mass is 32.2. The van der Waals surface area contributed by atoms with E-state index in [4.69, 9.17) is 0 Å². The lowest BCUT2D eigenvalue weighted by Gasteiger charge is -2.26. The number of benzene rings is 1. The first-order valence-corrected chi connectivity index (χ1v) is 7.97. The molecule has 1 aliphatic heterocycles. The molecule has 1 aromatic heterocycles. The molecule has 6 heteroatoms. The lowest BCUT2D eigenvalue weighted by atomic mass is 9.97. The number of aromatic nitrogens is 2. The Bertz CT molecular complexity index is 706. The van der Waals surface area contributed by atoms with Crippen molar-refractivity contribution in [2.24, 2.45) is 0 Å². The van der Waals surface area contributed by atoms with Gasteiger partial charge in [-0.25, -0.2) is 8.42 Å². The van der Waals surface area contributed by atoms with Crippen molar-refractivity contribution in [3.8, 4) is 0 Å². The van der Waals surface area contributed by atoms with E-state index in [2.05, 4.69) is 22.5 Å². The number of hydrogen-bond acceptors (Lipinski definition) is 4. The van der Waals surface area contributed by atoms with Crippen LogP contribution in [0.15, 0.2) is 41.6 Å². The Labute approximate surface area is 112 Å². The first-order chi connectivity index (χ1) is 9.05. The monoisotopic (exact) mass is 277 g/mol. The third-order valence-corrected chi connectivity index (χ3v) is 4.46. The number of nitrogens with zero attached hydrogens (tertiary/aromatic N) is 2. The van der Waals surface area contributed by atoms with Gasteiger partial charge in [0.15, 0.2) is 9.84 Å². The molecule has 0 radical (unpaired) electrons. The van der Waals surface area contributed by atoms with E-state index in [1.807, 2.05) is 12.1 Å². The third kappa shape index (κ3) is 2.29. The van der Waals surface area contributed by atoms with Gasteiger partial charge in [-0.2, -0.15) is 5.10 Å². The van der Waals surface area contributed by atoms with E-state index in [-0.39, 0.29) is 10.9 Å². The number of fused-ring (bicyclic) bond motifs is 1. The van der Waals surface area contributed by atoms with E-state index in [0.29, 0.717) is 0 Å². The lowest BCUT2D eigenvalue weighted by molar-refractivity contribution is 0.451. The van der Waals surface area contributed by atoms with Crippen molar-refractivity contribution in [2.45, 2.75) is 17.5 Å². The molecule has 1 unspecified atom stereocenters. The zero-order chi connectivity index (χ0) is 13.5. The normalized spacial score (nSPS) is 19.1. The molecule has 100 valence electrons. The minimum Gasteiger partial charge on any atom is -0.310 e. The van der Waals surface area contributed by atoms with Crippen molar-refractivity contribution in [3.05, 3.63) is 47.8 Å². The smallest absolute Gasteiger partial charge is 0.178 e. The second-order valence-electron chi connectivity index (χ2n) is 4.77. The van der Waals surface area contributed by atoms with Crippen molar-refractivity contribution < 1.29 is 8.42 Å². The van der Waals surface area contributed by atoms with E-state index in [1.165, 1.54) is 23.6 Å². The van der Waals surface area contributed by atoms with E-state index >= 15 is 0 Å². The molecule has 1 atom stereocenters. The number of hydrogen-bond donors (Lipinski definition) is 1. The summed E-state index contributed by atoms with van der Waals surface area (Å²) < 4.78 is 24.7. The Kier molecular flexibility index (Phi) is 2.91. The van der Waals surface area contributed by atoms with Gasteiger partial charge in [0.25, 0.3) is 0 Å². The van der Waals surface area contributed by atoms with Crippen LogP contribution in [0.1, 0.15) is 17.2 Å². The van der Waals surface area contributed by atoms with Crippen LogP contribution >= 0.6 is 0 Å². The van der Waals surface area contributed by atoms with Gasteiger partial charge in [0.2, 0.25) is 0 Å². The van der Waals surface area contributed by atoms with Gasteiger partial charge in [0.05, 0.1) is 12.2 Å². The molecule has 1 aromatic carbocycles. The predicted molar refractivity (Wildman–Crippen MR) is 71.6 cm³/mol. The van der Waals surface area contributed by atoms with Gasteiger partial charge in [0.1, 0.15) is 4.90 Å². The first-order valence-electron chi connectivity index (χ1n) is 6.08. The van der Waals surface area contributed by atoms with Crippen LogP contribution < -0.4 is 5.32 Å². The van der Waals surface area contributed by atoms with Gasteiger partial charge in [-0.15, -0.1) is 0 Å². The molecule has 5 nitrogen and oxygen atoms in total. The van der Waals surface area contributed by atoms with Crippen molar-refractivity contribution in [2.75, 3.05) is 12.8 Å². The molecule has 0 saturated heterocycles. The molecule has 0 bridgehead atoms. The minimum absolute atomic E-state index is 0.0421. The van der Waals surface area contributed by atoms with Crippen LogP contribution in [0.25, 0.3) is 0 Å². The summed E-state index contributed by atoms with van der Waals surface area (Å²) in [4.78, 5) is 0.260. The van der Waals surface area contributed by atoms with Crippen LogP contribution in [0, 0.1) is 0 Å². The first kappa shape index (κ1) is 12.4. The van der Waals surface area contributed by atoms with Gasteiger partial charge in [0, 0.05) is 25.5 Å². The molecule has 2 heterocycles. The SMILES string of the molecule is CS(=O)(=O)c1cnn(C2CNCc3ccccc32)c1. The van der Waals surface area contributed by atoms with Crippen LogP contribution in [0.4, 0.5) is 0 Å². The van der Waals surface area contributed by atoms with Crippen molar-refractivity contribution in [1.82, 2.24) is 15.1 Å². The molecule has 0 saturated carbocycles. The van der Waals surface area contributed by atoms with E-state index in [1.54, 1.807) is 10.9 Å². The van der Waals surface area contributed by atoms with E-state index in [0.717, 1.165) is 13.1 Å². The maximum absolute atomic E-state index is 11.5. The standard InChI is InChI=1S/C13H15N3O2S/c1-19(17,18)11-7-15-16(9-11)13-8-14-6-10-4-2-3-5-12(10)13/h2-5,7,9,13-14H,6,8H2,1H3. The van der Waals surface area contributed by atoms with Crippen molar-refractivity contribution >= 4 is 9.84 Å². The van der Waals surface area contributed by atoms with Crippen LogP contribution in [0.3, 0.4) is 0 Å². The zero-order valence-corrected chi connectivity index (χ0v) is 11.4. The van der Waals surface area contributed by atoms with Gasteiger partial charge in [-0.3, -0.25) is 4.68 Å². The largest absolute Gasteiger partial charge is 0.310 e. The van der Waals surface area contributed by atoms with Crippen LogP contribution in [0.5, 0.6) is 0 Å². The number of sulfone groups is 1. The fourth-order valence-electron chi connectivity index (χ4n) is 2.39. The molecular weight excluding hydrogens is 262 g/mol. The average molecular weight is 277 g/mol. The van der Waals surface area contributed by atoms with Crippen LogP contribution in [-0.4, -0.2) is 31.0 Å². The topological polar surface area (TPSA) is 64.0 Å². The summed E-state index contributed by atoms with van der Waals surface area (Å²) >= 11 is 0. The maximum Gasteiger partial charge on any atom is 0.178 e. The highest BCUT2D eigenvalue weighted by Gasteiger charge is 2.22. The molecule has 3 rings (SSSR count). The quantitative estimate of drug-likeness (QED) is 0.888. The Hall–Kier alpha value is -1.66. The van der Waals surface area contributed by atoms with E-state index in [9.17, 15) is 8.42 Å². The highest BCUT2D eigenvalue weighted by molar-refractivity contribution is 7.90. The second kappa shape index (κ2) is 4.47. The maximum atomic E-state index is 11.5. The summed E-state index contributed by atoms with van der Waals surface area (Å²) in [6, 6.07) is 8.20. The molecule has 0 amide bonds. The summed E-state index contributed by atoms with van der Waals surface area (Å²) in [6.45, 7) is 1.59. The number of rotatable bonds is 2. The van der Waals surface area contributed by atoms with Crippen molar-refractivity contribution in [1.29, 1.82) is 0 Å².